The van der Waals surface area contributed by atoms with Crippen LogP contribution in [0.5, 0.6) is 0 Å². The molecule has 0 aromatic rings. The van der Waals surface area contributed by atoms with Crippen LogP contribution in [0.25, 0.3) is 0 Å². The van der Waals surface area contributed by atoms with Crippen molar-refractivity contribution in [1.29, 1.82) is 0 Å². The van der Waals surface area contributed by atoms with Crippen LogP contribution in [0.15, 0.2) is 0 Å². The van der Waals surface area contributed by atoms with E-state index in [1.165, 1.54) is 0 Å². The Balaban J connectivity index is 2.28. The van der Waals surface area contributed by atoms with Crippen molar-refractivity contribution in [1.82, 2.24) is 9.80 Å². The molecule has 1 fully saturated rings. The summed E-state index contributed by atoms with van der Waals surface area (Å²) in [6, 6.07) is 0.614. The lowest BCUT2D eigenvalue weighted by atomic mass is 9.96. The van der Waals surface area contributed by atoms with Crippen LogP contribution in [0.4, 0.5) is 0 Å². The summed E-state index contributed by atoms with van der Waals surface area (Å²) < 4.78 is 0. The van der Waals surface area contributed by atoms with E-state index in [1.807, 2.05) is 4.90 Å². The highest BCUT2D eigenvalue weighted by Gasteiger charge is 2.23. The molecule has 3 nitrogen and oxygen atoms in total. The number of amides is 1. The first kappa shape index (κ1) is 15.0. The highest BCUT2D eigenvalue weighted by atomic mass is 79.9. The van der Waals surface area contributed by atoms with Crippen LogP contribution in [0.2, 0.25) is 0 Å². The molecular weight excluding hydrogens is 280 g/mol. The number of hydrogen-bond donors (Lipinski definition) is 0. The van der Waals surface area contributed by atoms with Gasteiger partial charge in [0, 0.05) is 37.4 Å². The Labute approximate surface area is 114 Å². The van der Waals surface area contributed by atoms with Crippen LogP contribution in [-0.4, -0.2) is 53.8 Å². The van der Waals surface area contributed by atoms with Gasteiger partial charge in [0.05, 0.1) is 0 Å². The summed E-state index contributed by atoms with van der Waals surface area (Å²) in [5.74, 6) is 1.06. The lowest BCUT2D eigenvalue weighted by molar-refractivity contribution is -0.132. The molecule has 0 aromatic carbocycles. The van der Waals surface area contributed by atoms with Crippen LogP contribution in [0, 0.1) is 5.92 Å². The Kier molecular flexibility index (Phi) is 6.49. The third-order valence-electron chi connectivity index (χ3n) is 3.70. The maximum Gasteiger partial charge on any atom is 0.223 e. The van der Waals surface area contributed by atoms with Gasteiger partial charge in [0.15, 0.2) is 0 Å². The molecule has 0 atom stereocenters. The van der Waals surface area contributed by atoms with Crippen molar-refractivity contribution >= 4 is 21.8 Å². The summed E-state index contributed by atoms with van der Waals surface area (Å²) in [5, 5.41) is 0.780. The zero-order chi connectivity index (χ0) is 12.8. The summed E-state index contributed by atoms with van der Waals surface area (Å²) >= 11 is 3.32. The van der Waals surface area contributed by atoms with E-state index in [4.69, 9.17) is 0 Å². The number of halogens is 1. The smallest absolute Gasteiger partial charge is 0.223 e. The van der Waals surface area contributed by atoms with E-state index < -0.39 is 0 Å². The first-order valence-corrected chi connectivity index (χ1v) is 7.70. The quantitative estimate of drug-likeness (QED) is 0.728. The second-order valence-electron chi connectivity index (χ2n) is 5.30. The third-order valence-corrected chi connectivity index (χ3v) is 4.10. The first-order chi connectivity index (χ1) is 8.04. The van der Waals surface area contributed by atoms with Crippen molar-refractivity contribution in [2.75, 3.05) is 32.0 Å². The van der Waals surface area contributed by atoms with Gasteiger partial charge in [-0.05, 0) is 39.7 Å². The van der Waals surface area contributed by atoms with E-state index in [0.29, 0.717) is 18.4 Å². The minimum atomic E-state index is 0.303. The van der Waals surface area contributed by atoms with Gasteiger partial charge in [-0.3, -0.25) is 4.79 Å². The zero-order valence-corrected chi connectivity index (χ0v) is 12.9. The van der Waals surface area contributed by atoms with Crippen molar-refractivity contribution in [3.05, 3.63) is 0 Å². The largest absolute Gasteiger partial charge is 0.343 e. The molecule has 0 unspecified atom stereocenters. The van der Waals surface area contributed by atoms with Crippen LogP contribution in [0.1, 0.15) is 33.1 Å². The molecule has 0 aliphatic carbocycles. The highest BCUT2D eigenvalue weighted by molar-refractivity contribution is 9.09. The predicted molar refractivity (Wildman–Crippen MR) is 75.5 cm³/mol. The van der Waals surface area contributed by atoms with Gasteiger partial charge in [0.25, 0.3) is 0 Å². The highest BCUT2D eigenvalue weighted by Crippen LogP contribution is 2.19. The molecule has 1 saturated heterocycles. The molecule has 100 valence electrons. The monoisotopic (exact) mass is 304 g/mol. The van der Waals surface area contributed by atoms with E-state index in [9.17, 15) is 4.79 Å². The Morgan fingerprint density at radius 1 is 1.41 bits per heavy atom. The second-order valence-corrected chi connectivity index (χ2v) is 6.09. The van der Waals surface area contributed by atoms with Gasteiger partial charge in [0.1, 0.15) is 0 Å². The first-order valence-electron chi connectivity index (χ1n) is 6.58. The topological polar surface area (TPSA) is 23.6 Å². The van der Waals surface area contributed by atoms with Crippen LogP contribution < -0.4 is 0 Å². The number of carbonyl (C=O) groups excluding carboxylic acids is 1. The molecule has 4 heteroatoms. The summed E-state index contributed by atoms with van der Waals surface area (Å²) in [5.41, 5.74) is 0. The van der Waals surface area contributed by atoms with Gasteiger partial charge in [0.2, 0.25) is 5.91 Å². The fourth-order valence-electron chi connectivity index (χ4n) is 2.22. The van der Waals surface area contributed by atoms with Crippen LogP contribution in [0.3, 0.4) is 0 Å². The molecule has 0 bridgehead atoms. The van der Waals surface area contributed by atoms with E-state index in [1.54, 1.807) is 0 Å². The Morgan fingerprint density at radius 3 is 2.47 bits per heavy atom. The van der Waals surface area contributed by atoms with Crippen molar-refractivity contribution in [2.24, 2.45) is 5.92 Å². The van der Waals surface area contributed by atoms with Gasteiger partial charge in [-0.25, -0.2) is 0 Å². The van der Waals surface area contributed by atoms with Gasteiger partial charge < -0.3 is 9.80 Å². The standard InChI is InChI=1S/C13H25BrN2O/c1-11(2)15(3)10-12-5-8-16(9-6-12)13(17)4-7-14/h11-12H,4-10H2,1-3H3. The van der Waals surface area contributed by atoms with E-state index in [2.05, 4.69) is 41.7 Å². The normalized spacial score (nSPS) is 18.1. The summed E-state index contributed by atoms with van der Waals surface area (Å²) in [7, 11) is 2.19. The van der Waals surface area contributed by atoms with E-state index in [0.717, 1.165) is 43.7 Å². The van der Waals surface area contributed by atoms with Gasteiger partial charge in [-0.15, -0.1) is 0 Å². The number of nitrogens with zero attached hydrogens (tertiary/aromatic N) is 2. The van der Waals surface area contributed by atoms with Crippen molar-refractivity contribution in [3.8, 4) is 0 Å². The van der Waals surface area contributed by atoms with Crippen LogP contribution in [-0.2, 0) is 4.79 Å². The van der Waals surface area contributed by atoms with Crippen LogP contribution >= 0.6 is 15.9 Å². The molecule has 17 heavy (non-hydrogen) atoms. The predicted octanol–water partition coefficient (Wildman–Crippen LogP) is 2.35. The van der Waals surface area contributed by atoms with Gasteiger partial charge in [-0.1, -0.05) is 15.9 Å². The number of hydrogen-bond acceptors (Lipinski definition) is 2. The Bertz CT molecular complexity index is 238. The van der Waals surface area contributed by atoms with E-state index in [-0.39, 0.29) is 0 Å². The molecule has 1 aliphatic heterocycles. The fraction of sp³-hybridized carbons (Fsp3) is 0.923. The lowest BCUT2D eigenvalue weighted by Gasteiger charge is -2.35. The van der Waals surface area contributed by atoms with Crippen molar-refractivity contribution in [3.63, 3.8) is 0 Å². The van der Waals surface area contributed by atoms with Gasteiger partial charge in [-0.2, -0.15) is 0 Å². The molecule has 0 N–H and O–H groups in total. The molecule has 0 saturated carbocycles. The zero-order valence-electron chi connectivity index (χ0n) is 11.3. The molecule has 0 aromatic heterocycles. The molecule has 1 heterocycles. The molecule has 0 spiro atoms. The number of piperidine rings is 1. The van der Waals surface area contributed by atoms with Crippen molar-refractivity contribution in [2.45, 2.75) is 39.2 Å². The number of rotatable bonds is 5. The number of likely N-dealkylation sites (tertiary alicyclic amines) is 1. The molecule has 0 radical (unpaired) electrons. The average molecular weight is 305 g/mol. The third kappa shape index (κ3) is 4.96. The lowest BCUT2D eigenvalue weighted by Crippen LogP contribution is -2.42. The maximum atomic E-state index is 11.7. The summed E-state index contributed by atoms with van der Waals surface area (Å²) in [6.45, 7) is 7.52. The van der Waals surface area contributed by atoms with Crippen molar-refractivity contribution < 1.29 is 4.79 Å². The molecule has 1 amide bonds. The minimum absolute atomic E-state index is 0.303. The fourth-order valence-corrected chi connectivity index (χ4v) is 2.56. The van der Waals surface area contributed by atoms with E-state index >= 15 is 0 Å². The maximum absolute atomic E-state index is 11.7. The summed E-state index contributed by atoms with van der Waals surface area (Å²) in [6.07, 6.45) is 2.95. The molecule has 1 rings (SSSR count). The summed E-state index contributed by atoms with van der Waals surface area (Å²) in [4.78, 5) is 16.1. The Morgan fingerprint density at radius 2 is 2.00 bits per heavy atom. The van der Waals surface area contributed by atoms with Gasteiger partial charge >= 0.3 is 0 Å². The second kappa shape index (κ2) is 7.37. The Hall–Kier alpha value is -0.0900. The number of carbonyl (C=O) groups is 1. The number of alkyl halides is 1. The average Bonchev–Trinajstić information content (AvgIpc) is 2.30. The SMILES string of the molecule is CC(C)N(C)CC1CCN(C(=O)CCBr)CC1. The molecular formula is C13H25BrN2O. The minimum Gasteiger partial charge on any atom is -0.343 e. The molecule has 1 aliphatic rings.